The largest absolute Gasteiger partial charge is 0.479 e. The summed E-state index contributed by atoms with van der Waals surface area (Å²) in [5, 5.41) is 0.576. The Kier molecular flexibility index (Phi) is 2.78. The lowest BCUT2D eigenvalue weighted by molar-refractivity contribution is -0.135. The second-order valence-electron chi connectivity index (χ2n) is 3.27. The van der Waals surface area contributed by atoms with E-state index in [0.29, 0.717) is 16.8 Å². The highest BCUT2D eigenvalue weighted by molar-refractivity contribution is 6.43. The molecule has 2 rings (SSSR count). The van der Waals surface area contributed by atoms with E-state index < -0.39 is 11.8 Å². The third-order valence-corrected chi connectivity index (χ3v) is 2.38. The first-order valence-corrected chi connectivity index (χ1v) is 4.81. The Bertz CT molecular complexity index is 588. The van der Waals surface area contributed by atoms with Crippen LogP contribution in [0.25, 0.3) is 10.9 Å². The van der Waals surface area contributed by atoms with E-state index in [1.807, 2.05) is 0 Å². The molecule has 0 aliphatic carbocycles. The highest BCUT2D eigenvalue weighted by atomic mass is 16.5. The molecule has 0 saturated heterocycles. The van der Waals surface area contributed by atoms with Gasteiger partial charge in [0.25, 0.3) is 5.78 Å². The molecule has 0 bridgehead atoms. The molecule has 17 heavy (non-hydrogen) atoms. The van der Waals surface area contributed by atoms with Crippen LogP contribution in [0.2, 0.25) is 0 Å². The number of carbonyl (C=O) groups is 2. The van der Waals surface area contributed by atoms with Crippen LogP contribution in [0.5, 0.6) is 5.88 Å². The number of ether oxygens (including phenoxy) is 2. The summed E-state index contributed by atoms with van der Waals surface area (Å²) in [5.41, 5.74) is 0.815. The van der Waals surface area contributed by atoms with Gasteiger partial charge in [0.2, 0.25) is 5.88 Å². The second-order valence-corrected chi connectivity index (χ2v) is 3.27. The number of hydrogen-bond acceptors (Lipinski definition) is 5. The van der Waals surface area contributed by atoms with Gasteiger partial charge >= 0.3 is 5.97 Å². The van der Waals surface area contributed by atoms with Gasteiger partial charge < -0.3 is 14.5 Å². The van der Waals surface area contributed by atoms with Crippen molar-refractivity contribution >= 4 is 22.7 Å². The first kappa shape index (κ1) is 11.1. The Morgan fingerprint density at radius 1 is 1.35 bits per heavy atom. The number of hydrogen-bond donors (Lipinski definition) is 1. The molecular weight excluding hydrogens is 224 g/mol. The second kappa shape index (κ2) is 4.25. The van der Waals surface area contributed by atoms with Crippen molar-refractivity contribution in [2.24, 2.45) is 0 Å². The summed E-state index contributed by atoms with van der Waals surface area (Å²) in [6.45, 7) is 0. The molecule has 0 unspecified atom stereocenters. The summed E-state index contributed by atoms with van der Waals surface area (Å²) in [6, 6.07) is 1.63. The molecule has 0 fully saturated rings. The third-order valence-electron chi connectivity index (χ3n) is 2.38. The minimum atomic E-state index is -0.901. The fourth-order valence-corrected chi connectivity index (χ4v) is 1.57. The normalized spacial score (nSPS) is 10.2. The highest BCUT2D eigenvalue weighted by Crippen LogP contribution is 2.25. The number of methoxy groups -OCH3 is 2. The zero-order valence-electron chi connectivity index (χ0n) is 9.31. The summed E-state index contributed by atoms with van der Waals surface area (Å²) in [4.78, 5) is 29.7. The van der Waals surface area contributed by atoms with Crippen LogP contribution < -0.4 is 4.74 Å². The van der Waals surface area contributed by atoms with Crippen LogP contribution >= 0.6 is 0 Å². The van der Waals surface area contributed by atoms with Crippen molar-refractivity contribution in [3.63, 3.8) is 0 Å². The van der Waals surface area contributed by atoms with Gasteiger partial charge in [-0.15, -0.1) is 0 Å². The molecule has 2 aromatic heterocycles. The van der Waals surface area contributed by atoms with E-state index in [2.05, 4.69) is 14.7 Å². The average molecular weight is 234 g/mol. The molecule has 0 aliphatic rings. The van der Waals surface area contributed by atoms with Gasteiger partial charge in [-0.3, -0.25) is 4.79 Å². The molecule has 0 amide bonds. The maximum absolute atomic E-state index is 11.7. The SMILES string of the molecule is COC(=O)C(=O)c1c[nH]c2c(OC)nccc12. The predicted octanol–water partition coefficient (Wildman–Crippen LogP) is 0.927. The van der Waals surface area contributed by atoms with Crippen LogP contribution in [0.1, 0.15) is 10.4 Å². The van der Waals surface area contributed by atoms with E-state index in [4.69, 9.17) is 4.74 Å². The number of aromatic nitrogens is 2. The Labute approximate surface area is 96.6 Å². The third kappa shape index (κ3) is 1.73. The van der Waals surface area contributed by atoms with Crippen molar-refractivity contribution in [2.45, 2.75) is 0 Å². The maximum atomic E-state index is 11.7. The summed E-state index contributed by atoms with van der Waals surface area (Å²) in [5.74, 6) is -1.24. The minimum Gasteiger partial charge on any atom is -0.479 e. The van der Waals surface area contributed by atoms with Crippen molar-refractivity contribution < 1.29 is 19.1 Å². The number of pyridine rings is 1. The van der Waals surface area contributed by atoms with Crippen LogP contribution in [0, 0.1) is 0 Å². The first-order chi connectivity index (χ1) is 8.19. The van der Waals surface area contributed by atoms with Gasteiger partial charge in [0.15, 0.2) is 0 Å². The first-order valence-electron chi connectivity index (χ1n) is 4.81. The average Bonchev–Trinajstić information content (AvgIpc) is 2.80. The molecule has 0 aromatic carbocycles. The van der Waals surface area contributed by atoms with Gasteiger partial charge in [-0.05, 0) is 6.07 Å². The van der Waals surface area contributed by atoms with E-state index >= 15 is 0 Å². The molecule has 0 atom stereocenters. The van der Waals surface area contributed by atoms with Gasteiger partial charge in [0.1, 0.15) is 5.52 Å². The molecule has 2 heterocycles. The Hall–Kier alpha value is -2.37. The number of ketones is 1. The Balaban J connectivity index is 2.57. The topological polar surface area (TPSA) is 81.3 Å². The van der Waals surface area contributed by atoms with Crippen molar-refractivity contribution in [2.75, 3.05) is 14.2 Å². The van der Waals surface area contributed by atoms with E-state index in [1.165, 1.54) is 19.5 Å². The fourth-order valence-electron chi connectivity index (χ4n) is 1.57. The monoisotopic (exact) mass is 234 g/mol. The van der Waals surface area contributed by atoms with Gasteiger partial charge in [-0.25, -0.2) is 9.78 Å². The van der Waals surface area contributed by atoms with Crippen molar-refractivity contribution in [1.82, 2.24) is 9.97 Å². The Morgan fingerprint density at radius 2 is 2.12 bits per heavy atom. The van der Waals surface area contributed by atoms with Crippen molar-refractivity contribution in [1.29, 1.82) is 0 Å². The lowest BCUT2D eigenvalue weighted by atomic mass is 10.1. The molecule has 0 aliphatic heterocycles. The number of carbonyl (C=O) groups excluding carboxylic acids is 2. The summed E-state index contributed by atoms with van der Waals surface area (Å²) in [7, 11) is 2.64. The van der Waals surface area contributed by atoms with E-state index in [0.717, 1.165) is 7.11 Å². The number of aromatic amines is 1. The summed E-state index contributed by atoms with van der Waals surface area (Å²) >= 11 is 0. The lowest BCUT2D eigenvalue weighted by Crippen LogP contribution is -2.15. The van der Waals surface area contributed by atoms with E-state index in [1.54, 1.807) is 6.07 Å². The lowest BCUT2D eigenvalue weighted by Gasteiger charge is -2.00. The number of Topliss-reactive ketones (excluding diaryl/α,β-unsaturated/α-hetero) is 1. The highest BCUT2D eigenvalue weighted by Gasteiger charge is 2.21. The van der Waals surface area contributed by atoms with Crippen molar-refractivity contribution in [3.05, 3.63) is 24.0 Å². The Morgan fingerprint density at radius 3 is 2.76 bits per heavy atom. The number of esters is 1. The molecular formula is C11H10N2O4. The minimum absolute atomic E-state index is 0.243. The number of nitrogens with zero attached hydrogens (tertiary/aromatic N) is 1. The standard InChI is InChI=1S/C11H10N2O4/c1-16-10-8-6(3-4-12-10)7(5-13-8)9(14)11(15)17-2/h3-5,13H,1-2H3. The number of rotatable bonds is 3. The van der Waals surface area contributed by atoms with Gasteiger partial charge in [0, 0.05) is 17.8 Å². The zero-order valence-corrected chi connectivity index (χ0v) is 9.31. The summed E-state index contributed by atoms with van der Waals surface area (Å²) < 4.78 is 9.43. The van der Waals surface area contributed by atoms with Gasteiger partial charge in [-0.2, -0.15) is 0 Å². The number of nitrogens with one attached hydrogen (secondary N) is 1. The summed E-state index contributed by atoms with van der Waals surface area (Å²) in [6.07, 6.45) is 2.94. The van der Waals surface area contributed by atoms with Crippen LogP contribution in [0.3, 0.4) is 0 Å². The molecule has 0 spiro atoms. The quantitative estimate of drug-likeness (QED) is 0.485. The molecule has 6 heteroatoms. The number of fused-ring (bicyclic) bond motifs is 1. The van der Waals surface area contributed by atoms with Crippen molar-refractivity contribution in [3.8, 4) is 5.88 Å². The van der Waals surface area contributed by atoms with Crippen LogP contribution in [-0.4, -0.2) is 35.9 Å². The van der Waals surface area contributed by atoms with E-state index in [9.17, 15) is 9.59 Å². The fraction of sp³-hybridized carbons (Fsp3) is 0.182. The molecule has 6 nitrogen and oxygen atoms in total. The molecule has 0 saturated carbocycles. The van der Waals surface area contributed by atoms with Crippen LogP contribution in [-0.2, 0) is 9.53 Å². The van der Waals surface area contributed by atoms with Gasteiger partial charge in [0.05, 0.1) is 19.8 Å². The van der Waals surface area contributed by atoms with Crippen LogP contribution in [0.15, 0.2) is 18.5 Å². The molecule has 88 valence electrons. The zero-order chi connectivity index (χ0) is 12.4. The van der Waals surface area contributed by atoms with Gasteiger partial charge in [-0.1, -0.05) is 0 Å². The molecule has 0 radical (unpaired) electrons. The smallest absolute Gasteiger partial charge is 0.379 e. The maximum Gasteiger partial charge on any atom is 0.379 e. The number of H-pyrrole nitrogens is 1. The van der Waals surface area contributed by atoms with Crippen LogP contribution in [0.4, 0.5) is 0 Å². The molecule has 1 N–H and O–H groups in total. The molecule has 2 aromatic rings. The predicted molar refractivity (Wildman–Crippen MR) is 59.0 cm³/mol. The van der Waals surface area contributed by atoms with E-state index in [-0.39, 0.29) is 5.56 Å².